The van der Waals surface area contributed by atoms with Gasteiger partial charge in [0.1, 0.15) is 17.3 Å². The molecule has 2 aromatic rings. The number of ether oxygens (including phenoxy) is 1. The van der Waals surface area contributed by atoms with Crippen LogP contribution in [0.1, 0.15) is 29.8 Å². The van der Waals surface area contributed by atoms with Gasteiger partial charge in [-0.05, 0) is 37.6 Å². The highest BCUT2D eigenvalue weighted by Crippen LogP contribution is 2.31. The molecule has 0 unspecified atom stereocenters. The minimum absolute atomic E-state index is 0.00369. The van der Waals surface area contributed by atoms with E-state index in [-0.39, 0.29) is 35.2 Å². The Morgan fingerprint density at radius 3 is 2.37 bits per heavy atom. The van der Waals surface area contributed by atoms with Crippen LogP contribution in [0.15, 0.2) is 48.2 Å². The molecule has 0 saturated carbocycles. The molecule has 12 heteroatoms. The SMILES string of the molecule is CCOc1cc(N)c(Cl)cc1C(=O)N(C[C@@H](C)N(O)Cc1ccc(F)cc1)/C(=C\C(=O)O)C(=O)O. The van der Waals surface area contributed by atoms with E-state index in [1.54, 1.807) is 6.92 Å². The molecule has 0 aliphatic heterocycles. The number of nitrogens with two attached hydrogens (primary N) is 1. The second-order valence-electron chi connectivity index (χ2n) is 7.46. The molecule has 1 amide bonds. The maximum absolute atomic E-state index is 13.5. The summed E-state index contributed by atoms with van der Waals surface area (Å²) in [5, 5.41) is 30.2. The van der Waals surface area contributed by atoms with E-state index in [0.29, 0.717) is 16.5 Å². The minimum atomic E-state index is -1.68. The van der Waals surface area contributed by atoms with Crippen LogP contribution in [0.3, 0.4) is 0 Å². The normalized spacial score (nSPS) is 12.3. The first-order chi connectivity index (χ1) is 16.4. The van der Waals surface area contributed by atoms with Crippen LogP contribution in [0, 0.1) is 5.82 Å². The number of carboxylic acids is 2. The molecule has 2 rings (SSSR count). The predicted molar refractivity (Wildman–Crippen MR) is 125 cm³/mol. The van der Waals surface area contributed by atoms with Gasteiger partial charge >= 0.3 is 11.9 Å². The topological polar surface area (TPSA) is 154 Å². The molecule has 35 heavy (non-hydrogen) atoms. The molecule has 5 N–H and O–H groups in total. The number of carboxylic acid groups (broad SMARTS) is 2. The average molecular weight is 510 g/mol. The van der Waals surface area contributed by atoms with Crippen molar-refractivity contribution in [3.63, 3.8) is 0 Å². The van der Waals surface area contributed by atoms with Crippen LogP contribution in [0.5, 0.6) is 5.75 Å². The lowest BCUT2D eigenvalue weighted by Crippen LogP contribution is -2.44. The summed E-state index contributed by atoms with van der Waals surface area (Å²) in [4.78, 5) is 37.4. The Morgan fingerprint density at radius 1 is 1.20 bits per heavy atom. The number of aliphatic carboxylic acids is 2. The molecule has 0 bridgehead atoms. The Balaban J connectivity index is 2.46. The number of hydrogen-bond donors (Lipinski definition) is 4. The maximum Gasteiger partial charge on any atom is 0.352 e. The lowest BCUT2D eigenvalue weighted by molar-refractivity contribution is -0.139. The number of halogens is 2. The van der Waals surface area contributed by atoms with Gasteiger partial charge in [-0.2, -0.15) is 5.06 Å². The summed E-state index contributed by atoms with van der Waals surface area (Å²) in [6.45, 7) is 2.78. The molecular weight excluding hydrogens is 485 g/mol. The van der Waals surface area contributed by atoms with Crippen LogP contribution in [-0.4, -0.2) is 62.4 Å². The molecule has 10 nitrogen and oxygen atoms in total. The van der Waals surface area contributed by atoms with E-state index in [1.165, 1.54) is 43.3 Å². The van der Waals surface area contributed by atoms with Gasteiger partial charge < -0.3 is 25.9 Å². The highest BCUT2D eigenvalue weighted by Gasteiger charge is 2.31. The molecule has 0 radical (unpaired) electrons. The Labute approximate surface area is 205 Å². The number of hydroxylamine groups is 2. The summed E-state index contributed by atoms with van der Waals surface area (Å²) in [6, 6.07) is 6.92. The van der Waals surface area contributed by atoms with Crippen LogP contribution < -0.4 is 10.5 Å². The Morgan fingerprint density at radius 2 is 1.83 bits per heavy atom. The van der Waals surface area contributed by atoms with E-state index in [2.05, 4.69) is 0 Å². The van der Waals surface area contributed by atoms with Crippen LogP contribution in [0.25, 0.3) is 0 Å². The highest BCUT2D eigenvalue weighted by atomic mass is 35.5. The number of amides is 1. The van der Waals surface area contributed by atoms with Crippen molar-refractivity contribution in [1.82, 2.24) is 9.96 Å². The molecular formula is C23H25ClFN3O7. The Bertz CT molecular complexity index is 1120. The molecule has 0 aromatic heterocycles. The molecule has 0 spiro atoms. The molecule has 0 aliphatic rings. The molecule has 188 valence electrons. The number of nitrogen functional groups attached to an aromatic ring is 1. The van der Waals surface area contributed by atoms with Gasteiger partial charge in [0, 0.05) is 19.2 Å². The van der Waals surface area contributed by atoms with Crippen molar-refractivity contribution in [2.75, 3.05) is 18.9 Å². The van der Waals surface area contributed by atoms with E-state index in [4.69, 9.17) is 22.1 Å². The van der Waals surface area contributed by atoms with Crippen molar-refractivity contribution in [3.8, 4) is 5.75 Å². The number of carbonyl (C=O) groups excluding carboxylic acids is 1. The third-order valence-corrected chi connectivity index (χ3v) is 5.19. The first-order valence-electron chi connectivity index (χ1n) is 10.4. The lowest BCUT2D eigenvalue weighted by atomic mass is 10.1. The van der Waals surface area contributed by atoms with Crippen molar-refractivity contribution in [1.29, 1.82) is 0 Å². The standard InChI is InChI=1S/C23H25ClFN3O7/c1-3-35-20-9-18(26)17(24)8-16(20)22(31)27(19(23(32)33)10-21(29)30)11-13(2)28(34)12-14-4-6-15(25)7-5-14/h4-10,13,34H,3,11-12,26H2,1-2H3,(H,29,30)(H,32,33)/b19-10-/t13-/m1/s1. The van der Waals surface area contributed by atoms with Gasteiger partial charge in [-0.3, -0.25) is 9.69 Å². The number of nitrogens with zero attached hydrogens (tertiary/aromatic N) is 2. The van der Waals surface area contributed by atoms with Crippen LogP contribution in [0.4, 0.5) is 10.1 Å². The molecule has 0 heterocycles. The number of benzene rings is 2. The molecule has 0 aliphatic carbocycles. The second kappa shape index (κ2) is 12.2. The van der Waals surface area contributed by atoms with E-state index in [9.17, 15) is 34.2 Å². The van der Waals surface area contributed by atoms with Gasteiger partial charge in [0.15, 0.2) is 0 Å². The molecule has 0 fully saturated rings. The quantitative estimate of drug-likeness (QED) is 0.203. The summed E-state index contributed by atoms with van der Waals surface area (Å²) >= 11 is 6.07. The minimum Gasteiger partial charge on any atom is -0.493 e. The zero-order valence-corrected chi connectivity index (χ0v) is 19.7. The summed E-state index contributed by atoms with van der Waals surface area (Å²) in [6.07, 6.45) is 0.369. The number of carbonyl (C=O) groups is 3. The van der Waals surface area contributed by atoms with Crippen molar-refractivity contribution in [2.24, 2.45) is 0 Å². The zero-order chi connectivity index (χ0) is 26.3. The fraction of sp³-hybridized carbons (Fsp3) is 0.261. The first kappa shape index (κ1) is 27.6. The Hall–Kier alpha value is -3.67. The summed E-state index contributed by atoms with van der Waals surface area (Å²) in [5.41, 5.74) is 5.45. The van der Waals surface area contributed by atoms with E-state index in [1.807, 2.05) is 0 Å². The van der Waals surface area contributed by atoms with E-state index in [0.717, 1.165) is 5.06 Å². The van der Waals surface area contributed by atoms with Crippen LogP contribution in [0.2, 0.25) is 5.02 Å². The number of anilines is 1. The fourth-order valence-corrected chi connectivity index (χ4v) is 3.27. The number of hydrogen-bond acceptors (Lipinski definition) is 7. The summed E-state index contributed by atoms with van der Waals surface area (Å²) in [5.74, 6) is -4.66. The monoisotopic (exact) mass is 509 g/mol. The fourth-order valence-electron chi connectivity index (χ4n) is 3.11. The number of rotatable bonds is 11. The molecule has 2 aromatic carbocycles. The highest BCUT2D eigenvalue weighted by molar-refractivity contribution is 6.33. The smallest absolute Gasteiger partial charge is 0.352 e. The lowest BCUT2D eigenvalue weighted by Gasteiger charge is -2.30. The maximum atomic E-state index is 13.5. The molecule has 0 saturated heterocycles. The van der Waals surface area contributed by atoms with Gasteiger partial charge in [-0.1, -0.05) is 23.7 Å². The van der Waals surface area contributed by atoms with Gasteiger partial charge in [0.25, 0.3) is 5.91 Å². The second-order valence-corrected chi connectivity index (χ2v) is 7.87. The van der Waals surface area contributed by atoms with Crippen LogP contribution in [-0.2, 0) is 16.1 Å². The third-order valence-electron chi connectivity index (χ3n) is 4.86. The zero-order valence-electron chi connectivity index (χ0n) is 18.9. The predicted octanol–water partition coefficient (Wildman–Crippen LogP) is 3.24. The summed E-state index contributed by atoms with van der Waals surface area (Å²) < 4.78 is 18.6. The third kappa shape index (κ3) is 7.41. The van der Waals surface area contributed by atoms with Crippen molar-refractivity contribution >= 4 is 35.1 Å². The van der Waals surface area contributed by atoms with Crippen LogP contribution >= 0.6 is 11.6 Å². The van der Waals surface area contributed by atoms with Gasteiger partial charge in [0.2, 0.25) is 0 Å². The van der Waals surface area contributed by atoms with Crippen molar-refractivity contribution in [2.45, 2.75) is 26.4 Å². The average Bonchev–Trinajstić information content (AvgIpc) is 2.79. The van der Waals surface area contributed by atoms with Gasteiger partial charge in [0.05, 0.1) is 35.0 Å². The van der Waals surface area contributed by atoms with E-state index < -0.39 is 41.9 Å². The van der Waals surface area contributed by atoms with Crippen molar-refractivity contribution in [3.05, 3.63) is 70.1 Å². The van der Waals surface area contributed by atoms with Gasteiger partial charge in [-0.15, -0.1) is 0 Å². The first-order valence-corrected chi connectivity index (χ1v) is 10.7. The Kier molecular flexibility index (Phi) is 9.58. The van der Waals surface area contributed by atoms with Gasteiger partial charge in [-0.25, -0.2) is 14.0 Å². The van der Waals surface area contributed by atoms with Crippen molar-refractivity contribution < 1.29 is 38.9 Å². The molecule has 1 atom stereocenters. The largest absolute Gasteiger partial charge is 0.493 e. The summed E-state index contributed by atoms with van der Waals surface area (Å²) in [7, 11) is 0. The van der Waals surface area contributed by atoms with E-state index >= 15 is 0 Å².